The highest BCUT2D eigenvalue weighted by molar-refractivity contribution is 6.07. The highest BCUT2D eigenvalue weighted by atomic mass is 19.3. The maximum Gasteiger partial charge on any atom is 0.268 e. The van der Waals surface area contributed by atoms with Crippen molar-refractivity contribution in [3.63, 3.8) is 0 Å². The molecule has 1 aromatic carbocycles. The molecule has 1 fully saturated rings. The van der Waals surface area contributed by atoms with Crippen LogP contribution in [-0.2, 0) is 4.79 Å². The lowest BCUT2D eigenvalue weighted by Gasteiger charge is -2.23. The predicted molar refractivity (Wildman–Crippen MR) is 92.2 cm³/mol. The summed E-state index contributed by atoms with van der Waals surface area (Å²) in [5.41, 5.74) is -0.212. The fourth-order valence-electron chi connectivity index (χ4n) is 3.15. The second-order valence-electron chi connectivity index (χ2n) is 6.44. The highest BCUT2D eigenvalue weighted by Gasteiger charge is 2.48. The first-order chi connectivity index (χ1) is 12.7. The Morgan fingerprint density at radius 2 is 2.04 bits per heavy atom. The molecule has 0 radical (unpaired) electrons. The monoisotopic (exact) mass is 374 g/mol. The molecule has 27 heavy (non-hydrogen) atoms. The van der Waals surface area contributed by atoms with Crippen molar-refractivity contribution in [3.05, 3.63) is 46.4 Å². The molecule has 0 saturated carbocycles. The van der Waals surface area contributed by atoms with Crippen LogP contribution < -0.4 is 10.9 Å². The van der Waals surface area contributed by atoms with Gasteiger partial charge in [0.15, 0.2) is 0 Å². The van der Waals surface area contributed by atoms with Gasteiger partial charge in [-0.15, -0.1) is 0 Å². The van der Waals surface area contributed by atoms with Crippen LogP contribution in [0.4, 0.5) is 8.78 Å². The minimum atomic E-state index is -3.13. The molecule has 3 rings (SSSR count). The number of carbonyl (C=O) groups is 2. The molecule has 7 nitrogen and oxygen atoms in total. The van der Waals surface area contributed by atoms with Crippen molar-refractivity contribution in [2.75, 3.05) is 6.54 Å². The number of hydrogen-bond acceptors (Lipinski definition) is 4. The summed E-state index contributed by atoms with van der Waals surface area (Å²) in [4.78, 5) is 40.1. The third-order valence-electron chi connectivity index (χ3n) is 4.47. The number of carbonyl (C=O) groups excluding carboxylic acids is 2. The summed E-state index contributed by atoms with van der Waals surface area (Å²) in [6.07, 6.45) is 0.514. The van der Waals surface area contributed by atoms with E-state index in [0.717, 1.165) is 4.90 Å². The van der Waals surface area contributed by atoms with E-state index >= 15 is 0 Å². The van der Waals surface area contributed by atoms with Crippen LogP contribution in [0.3, 0.4) is 0 Å². The highest BCUT2D eigenvalue weighted by Crippen LogP contribution is 2.32. The molecule has 1 aliphatic heterocycles. The molecule has 2 N–H and O–H groups in total. The number of fused-ring (bicyclic) bond motifs is 1. The average Bonchev–Trinajstić information content (AvgIpc) is 2.96. The molecule has 0 spiro atoms. The Labute approximate surface area is 152 Å². The second-order valence-corrected chi connectivity index (χ2v) is 6.44. The minimum absolute atomic E-state index is 0.147. The zero-order valence-corrected chi connectivity index (χ0v) is 14.3. The fraction of sp³-hybridized carbons (Fsp3) is 0.333. The number of aromatic amines is 1. The van der Waals surface area contributed by atoms with Gasteiger partial charge in [0.05, 0.1) is 18.2 Å². The Bertz CT molecular complexity index is 1010. The minimum Gasteiger partial charge on any atom is -0.340 e. The van der Waals surface area contributed by atoms with Crippen LogP contribution >= 0.6 is 0 Å². The maximum atomic E-state index is 13.5. The molecule has 0 aliphatic carbocycles. The van der Waals surface area contributed by atoms with E-state index in [-0.39, 0.29) is 11.1 Å². The SMILES string of the molecule is CC(NC(=O)c1c[nH]c(=O)c2ccccc12)C(=O)N1CC(F)(F)CC1C#N. The molecule has 1 aliphatic rings. The van der Waals surface area contributed by atoms with E-state index in [2.05, 4.69) is 10.3 Å². The van der Waals surface area contributed by atoms with E-state index in [9.17, 15) is 23.2 Å². The van der Waals surface area contributed by atoms with E-state index in [1.54, 1.807) is 30.3 Å². The summed E-state index contributed by atoms with van der Waals surface area (Å²) in [7, 11) is 0. The molecule has 2 amide bonds. The Hall–Kier alpha value is -3.28. The van der Waals surface area contributed by atoms with Crippen molar-refractivity contribution < 1.29 is 18.4 Å². The number of pyridine rings is 1. The van der Waals surface area contributed by atoms with E-state index < -0.39 is 42.8 Å². The van der Waals surface area contributed by atoms with Crippen LogP contribution in [-0.4, -0.2) is 46.2 Å². The van der Waals surface area contributed by atoms with E-state index in [4.69, 9.17) is 5.26 Å². The predicted octanol–water partition coefficient (Wildman–Crippen LogP) is 1.41. The van der Waals surface area contributed by atoms with Crippen LogP contribution in [0.2, 0.25) is 0 Å². The smallest absolute Gasteiger partial charge is 0.268 e. The number of rotatable bonds is 3. The Morgan fingerprint density at radius 3 is 2.70 bits per heavy atom. The zero-order chi connectivity index (χ0) is 19.8. The van der Waals surface area contributed by atoms with Crippen LogP contribution in [0.5, 0.6) is 0 Å². The number of nitrogens with one attached hydrogen (secondary N) is 2. The summed E-state index contributed by atoms with van der Waals surface area (Å²) >= 11 is 0. The number of benzene rings is 1. The van der Waals surface area contributed by atoms with E-state index in [0.29, 0.717) is 10.8 Å². The van der Waals surface area contributed by atoms with Gasteiger partial charge >= 0.3 is 0 Å². The Kier molecular flexibility index (Phi) is 4.66. The number of nitriles is 1. The van der Waals surface area contributed by atoms with Gasteiger partial charge < -0.3 is 15.2 Å². The summed E-state index contributed by atoms with van der Waals surface area (Å²) in [6, 6.07) is 5.81. The molecule has 9 heteroatoms. The van der Waals surface area contributed by atoms with Crippen molar-refractivity contribution in [2.45, 2.75) is 31.4 Å². The lowest BCUT2D eigenvalue weighted by molar-refractivity contribution is -0.134. The summed E-state index contributed by atoms with van der Waals surface area (Å²) in [5, 5.41) is 12.2. The van der Waals surface area contributed by atoms with Gasteiger partial charge in [-0.2, -0.15) is 5.26 Å². The van der Waals surface area contributed by atoms with Gasteiger partial charge in [0.25, 0.3) is 17.4 Å². The van der Waals surface area contributed by atoms with Gasteiger partial charge in [-0.05, 0) is 13.0 Å². The molecule has 1 aromatic heterocycles. The Morgan fingerprint density at radius 1 is 1.37 bits per heavy atom. The van der Waals surface area contributed by atoms with Crippen molar-refractivity contribution in [1.82, 2.24) is 15.2 Å². The average molecular weight is 374 g/mol. The number of nitrogens with zero attached hydrogens (tertiary/aromatic N) is 2. The first-order valence-electron chi connectivity index (χ1n) is 8.23. The number of hydrogen-bond donors (Lipinski definition) is 2. The maximum absolute atomic E-state index is 13.5. The van der Waals surface area contributed by atoms with Gasteiger partial charge in [0, 0.05) is 23.4 Å². The van der Waals surface area contributed by atoms with Gasteiger partial charge in [-0.25, -0.2) is 8.78 Å². The number of H-pyrrole nitrogens is 1. The molecule has 140 valence electrons. The number of halogens is 2. The van der Waals surface area contributed by atoms with Gasteiger partial charge in [0.2, 0.25) is 5.91 Å². The fourth-order valence-corrected chi connectivity index (χ4v) is 3.15. The molecule has 0 bridgehead atoms. The quantitative estimate of drug-likeness (QED) is 0.847. The largest absolute Gasteiger partial charge is 0.340 e. The lowest BCUT2D eigenvalue weighted by Crippen LogP contribution is -2.48. The van der Waals surface area contributed by atoms with Crippen molar-refractivity contribution in [2.24, 2.45) is 0 Å². The van der Waals surface area contributed by atoms with Crippen molar-refractivity contribution in [1.29, 1.82) is 5.26 Å². The molecule has 2 atom stereocenters. The summed E-state index contributed by atoms with van der Waals surface area (Å²) in [5.74, 6) is -4.53. The number of aromatic nitrogens is 1. The van der Waals surface area contributed by atoms with E-state index in [1.165, 1.54) is 13.1 Å². The first kappa shape index (κ1) is 18.5. The first-order valence-corrected chi connectivity index (χ1v) is 8.23. The number of alkyl halides is 2. The molecular weight excluding hydrogens is 358 g/mol. The molecule has 1 saturated heterocycles. The third kappa shape index (κ3) is 3.51. The molecule has 2 heterocycles. The third-order valence-corrected chi connectivity index (χ3v) is 4.47. The topological polar surface area (TPSA) is 106 Å². The molecule has 2 unspecified atom stereocenters. The molecular formula is C18H16F2N4O3. The number of likely N-dealkylation sites (tertiary alicyclic amines) is 1. The van der Waals surface area contributed by atoms with E-state index in [1.807, 2.05) is 0 Å². The zero-order valence-electron chi connectivity index (χ0n) is 14.3. The summed E-state index contributed by atoms with van der Waals surface area (Å²) < 4.78 is 27.1. The number of amides is 2. The van der Waals surface area contributed by atoms with Gasteiger partial charge in [-0.3, -0.25) is 14.4 Å². The summed E-state index contributed by atoms with van der Waals surface area (Å²) in [6.45, 7) is 0.505. The second kappa shape index (κ2) is 6.79. The van der Waals surface area contributed by atoms with Crippen LogP contribution in [0, 0.1) is 11.3 Å². The van der Waals surface area contributed by atoms with Crippen LogP contribution in [0.25, 0.3) is 10.8 Å². The van der Waals surface area contributed by atoms with Crippen molar-refractivity contribution in [3.8, 4) is 6.07 Å². The van der Waals surface area contributed by atoms with Crippen LogP contribution in [0.15, 0.2) is 35.3 Å². The van der Waals surface area contributed by atoms with Gasteiger partial charge in [-0.1, -0.05) is 18.2 Å². The van der Waals surface area contributed by atoms with Gasteiger partial charge in [0.1, 0.15) is 12.1 Å². The lowest BCUT2D eigenvalue weighted by atomic mass is 10.1. The standard InChI is InChI=1S/C18H16F2N4O3/c1-10(17(27)24-9-18(19,20)6-11(24)7-21)23-16(26)14-8-22-15(25)13-5-3-2-4-12(13)14/h2-5,8,10-11H,6,9H2,1H3,(H,22,25)(H,23,26). The molecule has 2 aromatic rings. The van der Waals surface area contributed by atoms with Crippen molar-refractivity contribution >= 4 is 22.6 Å². The normalized spacial score (nSPS) is 19.5. The Balaban J connectivity index is 1.81. The van der Waals surface area contributed by atoms with Crippen LogP contribution in [0.1, 0.15) is 23.7 Å².